The van der Waals surface area contributed by atoms with Gasteiger partial charge < -0.3 is 11.1 Å². The molecule has 0 saturated carbocycles. The van der Waals surface area contributed by atoms with E-state index in [1.807, 2.05) is 24.3 Å². The molecule has 0 aliphatic carbocycles. The summed E-state index contributed by atoms with van der Waals surface area (Å²) in [5.41, 5.74) is 7.00. The Balaban J connectivity index is 2.01. The molecule has 2 aromatic rings. The Morgan fingerprint density at radius 3 is 2.39 bits per heavy atom. The minimum Gasteiger partial charge on any atom is -0.368 e. The van der Waals surface area contributed by atoms with Crippen molar-refractivity contribution in [1.82, 2.24) is 5.32 Å². The lowest BCUT2D eigenvalue weighted by molar-refractivity contribution is -0.127. The number of hydrogen-bond donors (Lipinski definition) is 2. The summed E-state index contributed by atoms with van der Waals surface area (Å²) in [6.07, 6.45) is 0.402. The van der Waals surface area contributed by atoms with Crippen molar-refractivity contribution in [3.8, 4) is 0 Å². The third-order valence-corrected chi connectivity index (χ3v) is 4.39. The van der Waals surface area contributed by atoms with E-state index in [0.717, 1.165) is 9.13 Å². The zero-order valence-corrected chi connectivity index (χ0v) is 14.4. The minimum atomic E-state index is -0.779. The van der Waals surface area contributed by atoms with Crippen molar-refractivity contribution in [2.45, 2.75) is 18.9 Å². The number of rotatable bonds is 6. The number of nitrogens with two attached hydrogens (primary N) is 1. The zero-order chi connectivity index (χ0) is 16.8. The van der Waals surface area contributed by atoms with E-state index in [1.165, 1.54) is 24.3 Å². The molecule has 0 bridgehead atoms. The van der Waals surface area contributed by atoms with Gasteiger partial charge in [0.15, 0.2) is 0 Å². The van der Waals surface area contributed by atoms with Crippen molar-refractivity contribution < 1.29 is 14.0 Å². The number of hydrogen-bond acceptors (Lipinski definition) is 2. The van der Waals surface area contributed by atoms with Crippen LogP contribution in [0.25, 0.3) is 0 Å². The first-order chi connectivity index (χ1) is 11.0. The molecule has 2 amide bonds. The number of amides is 2. The van der Waals surface area contributed by atoms with Crippen LogP contribution >= 0.6 is 22.6 Å². The van der Waals surface area contributed by atoms with E-state index in [1.54, 1.807) is 0 Å². The molecule has 0 aliphatic heterocycles. The predicted molar refractivity (Wildman–Crippen MR) is 94.1 cm³/mol. The van der Waals surface area contributed by atoms with E-state index < -0.39 is 11.9 Å². The van der Waals surface area contributed by atoms with Gasteiger partial charge in [0.05, 0.1) is 6.42 Å². The van der Waals surface area contributed by atoms with Crippen LogP contribution in [0.15, 0.2) is 48.5 Å². The highest BCUT2D eigenvalue weighted by Gasteiger charge is 2.19. The summed E-state index contributed by atoms with van der Waals surface area (Å²) in [4.78, 5) is 23.7. The fraction of sp³-hybridized carbons (Fsp3) is 0.176. The number of primary amides is 1. The maximum atomic E-state index is 12.9. The minimum absolute atomic E-state index is 0.0654. The van der Waals surface area contributed by atoms with Crippen LogP contribution in [0.2, 0.25) is 0 Å². The lowest BCUT2D eigenvalue weighted by Gasteiger charge is -2.16. The molecule has 3 N–H and O–H groups in total. The Morgan fingerprint density at radius 2 is 1.78 bits per heavy atom. The summed E-state index contributed by atoms with van der Waals surface area (Å²) in [7, 11) is 0. The highest BCUT2D eigenvalue weighted by atomic mass is 127. The van der Waals surface area contributed by atoms with E-state index in [-0.39, 0.29) is 18.1 Å². The fourth-order valence-electron chi connectivity index (χ4n) is 2.14. The van der Waals surface area contributed by atoms with E-state index >= 15 is 0 Å². The van der Waals surface area contributed by atoms with E-state index in [9.17, 15) is 14.0 Å². The quantitative estimate of drug-likeness (QED) is 0.696. The molecule has 23 heavy (non-hydrogen) atoms. The lowest BCUT2D eigenvalue weighted by atomic mass is 10.0. The Morgan fingerprint density at radius 1 is 1.13 bits per heavy atom. The molecule has 0 radical (unpaired) electrons. The Labute approximate surface area is 147 Å². The van der Waals surface area contributed by atoms with Crippen LogP contribution in [-0.2, 0) is 22.4 Å². The molecule has 0 aromatic heterocycles. The van der Waals surface area contributed by atoms with Crippen molar-refractivity contribution in [2.75, 3.05) is 0 Å². The molecule has 0 unspecified atom stereocenters. The molecule has 120 valence electrons. The van der Waals surface area contributed by atoms with Crippen LogP contribution in [0.3, 0.4) is 0 Å². The molecule has 0 heterocycles. The fourth-order valence-corrected chi connectivity index (χ4v) is 2.75. The second-order valence-electron chi connectivity index (χ2n) is 5.12. The molecule has 4 nitrogen and oxygen atoms in total. The Hall–Kier alpha value is -1.96. The monoisotopic (exact) mass is 426 g/mol. The summed E-state index contributed by atoms with van der Waals surface area (Å²) in [5.74, 6) is -1.27. The van der Waals surface area contributed by atoms with Crippen molar-refractivity contribution in [3.05, 3.63) is 69.0 Å². The predicted octanol–water partition coefficient (Wildman–Crippen LogP) is 2.19. The smallest absolute Gasteiger partial charge is 0.240 e. The van der Waals surface area contributed by atoms with E-state index in [4.69, 9.17) is 5.73 Å². The molecule has 6 heteroatoms. The molecular weight excluding hydrogens is 410 g/mol. The van der Waals surface area contributed by atoms with Gasteiger partial charge in [0, 0.05) is 9.99 Å². The topological polar surface area (TPSA) is 72.2 Å². The summed E-state index contributed by atoms with van der Waals surface area (Å²) >= 11 is 2.17. The van der Waals surface area contributed by atoms with Crippen molar-refractivity contribution >= 4 is 34.4 Å². The zero-order valence-electron chi connectivity index (χ0n) is 12.3. The van der Waals surface area contributed by atoms with Gasteiger partial charge in [0.25, 0.3) is 0 Å². The number of carbonyl (C=O) groups excluding carboxylic acids is 2. The average Bonchev–Trinajstić information content (AvgIpc) is 2.51. The van der Waals surface area contributed by atoms with Gasteiger partial charge >= 0.3 is 0 Å². The van der Waals surface area contributed by atoms with Crippen LogP contribution in [0.1, 0.15) is 11.1 Å². The second kappa shape index (κ2) is 8.05. The summed E-state index contributed by atoms with van der Waals surface area (Å²) < 4.78 is 13.9. The first-order valence-electron chi connectivity index (χ1n) is 7.02. The first kappa shape index (κ1) is 17.4. The van der Waals surface area contributed by atoms with E-state index in [0.29, 0.717) is 12.0 Å². The van der Waals surface area contributed by atoms with Crippen molar-refractivity contribution in [3.63, 3.8) is 0 Å². The van der Waals surface area contributed by atoms with Crippen LogP contribution in [0.4, 0.5) is 4.39 Å². The summed E-state index contributed by atoms with van der Waals surface area (Å²) in [6.45, 7) is 0. The summed E-state index contributed by atoms with van der Waals surface area (Å²) in [5, 5.41) is 2.64. The normalized spacial score (nSPS) is 11.7. The SMILES string of the molecule is NC(=O)[C@@H](Cc1ccccc1I)NC(=O)Cc1ccc(F)cc1. The van der Waals surface area contributed by atoms with Crippen LogP contribution in [-0.4, -0.2) is 17.9 Å². The molecule has 0 fully saturated rings. The average molecular weight is 426 g/mol. The largest absolute Gasteiger partial charge is 0.368 e. The standard InChI is InChI=1S/C17H16FIN2O2/c18-13-7-5-11(6-8-13)9-16(22)21-15(17(20)23)10-12-3-1-2-4-14(12)19/h1-8,15H,9-10H2,(H2,20,23)(H,21,22)/t15-/m1/s1. The molecule has 1 atom stereocenters. The molecule has 0 saturated heterocycles. The van der Waals surface area contributed by atoms with Crippen LogP contribution in [0.5, 0.6) is 0 Å². The Bertz CT molecular complexity index is 704. The van der Waals surface area contributed by atoms with Gasteiger partial charge in [-0.15, -0.1) is 0 Å². The number of nitrogens with one attached hydrogen (secondary N) is 1. The highest BCUT2D eigenvalue weighted by Crippen LogP contribution is 2.13. The third kappa shape index (κ3) is 5.31. The van der Waals surface area contributed by atoms with E-state index in [2.05, 4.69) is 27.9 Å². The number of carbonyl (C=O) groups is 2. The number of halogens is 2. The summed E-state index contributed by atoms with van der Waals surface area (Å²) in [6, 6.07) is 12.5. The second-order valence-corrected chi connectivity index (χ2v) is 6.28. The van der Waals surface area contributed by atoms with Crippen LogP contribution < -0.4 is 11.1 Å². The maximum absolute atomic E-state index is 12.9. The van der Waals surface area contributed by atoms with Gasteiger partial charge in [-0.05, 0) is 51.9 Å². The lowest BCUT2D eigenvalue weighted by Crippen LogP contribution is -2.46. The highest BCUT2D eigenvalue weighted by molar-refractivity contribution is 14.1. The van der Waals surface area contributed by atoms with Gasteiger partial charge in [-0.3, -0.25) is 9.59 Å². The molecule has 0 spiro atoms. The van der Waals surface area contributed by atoms with Crippen molar-refractivity contribution in [1.29, 1.82) is 0 Å². The van der Waals surface area contributed by atoms with Gasteiger partial charge in [-0.1, -0.05) is 30.3 Å². The Kier molecular flexibility index (Phi) is 6.09. The van der Waals surface area contributed by atoms with Gasteiger partial charge in [0.2, 0.25) is 11.8 Å². The molecule has 0 aliphatic rings. The number of benzene rings is 2. The van der Waals surface area contributed by atoms with Gasteiger partial charge in [-0.25, -0.2) is 4.39 Å². The molecule has 2 aromatic carbocycles. The van der Waals surface area contributed by atoms with Gasteiger partial charge in [-0.2, -0.15) is 0 Å². The molecule has 2 rings (SSSR count). The molecular formula is C17H16FIN2O2. The van der Waals surface area contributed by atoms with Crippen LogP contribution in [0, 0.1) is 9.39 Å². The first-order valence-corrected chi connectivity index (χ1v) is 8.10. The van der Waals surface area contributed by atoms with Crippen molar-refractivity contribution in [2.24, 2.45) is 5.73 Å². The van der Waals surface area contributed by atoms with Gasteiger partial charge in [0.1, 0.15) is 11.9 Å². The maximum Gasteiger partial charge on any atom is 0.240 e. The third-order valence-electron chi connectivity index (χ3n) is 3.34.